The number of rotatable bonds is 2. The number of thiophene rings is 1. The monoisotopic (exact) mass is 376 g/mol. The Labute approximate surface area is 153 Å². The van der Waals surface area contributed by atoms with Gasteiger partial charge in [0, 0.05) is 21.5 Å². The molecule has 3 rings (SSSR count). The molecule has 0 aliphatic heterocycles. The summed E-state index contributed by atoms with van der Waals surface area (Å²) in [5.74, 6) is -0.0381. The summed E-state index contributed by atoms with van der Waals surface area (Å²) >= 11 is 8.85. The Kier molecular flexibility index (Phi) is 4.76. The number of benzene rings is 1. The number of halogens is 1. The highest BCUT2D eigenvalue weighted by molar-refractivity contribution is 7.12. The van der Waals surface area contributed by atoms with Crippen molar-refractivity contribution in [2.75, 3.05) is 0 Å². The normalized spacial score (nSPS) is 12.6. The van der Waals surface area contributed by atoms with Crippen LogP contribution in [0.1, 0.15) is 36.1 Å². The van der Waals surface area contributed by atoms with E-state index >= 15 is 0 Å². The fourth-order valence-corrected chi connectivity index (χ4v) is 4.14. The Hall–Kier alpha value is -1.69. The number of nitrogens with zero attached hydrogens (tertiary/aromatic N) is 2. The molecule has 0 radical (unpaired) electrons. The van der Waals surface area contributed by atoms with Gasteiger partial charge in [-0.1, -0.05) is 38.4 Å². The first-order chi connectivity index (χ1) is 11.4. The number of hydrogen-bond donors (Lipinski definition) is 0. The van der Waals surface area contributed by atoms with Gasteiger partial charge in [0.2, 0.25) is 0 Å². The van der Waals surface area contributed by atoms with Crippen molar-refractivity contribution in [2.45, 2.75) is 26.2 Å². The van der Waals surface area contributed by atoms with E-state index in [1.807, 2.05) is 35.0 Å². The van der Waals surface area contributed by atoms with Crippen LogP contribution in [0.5, 0.6) is 0 Å². The number of hydrogen-bond acceptors (Lipinski definition) is 4. The molecule has 0 spiro atoms. The molecule has 0 saturated heterocycles. The van der Waals surface area contributed by atoms with E-state index in [1.165, 1.54) is 22.7 Å². The molecule has 0 amide bonds. The topological polar surface area (TPSA) is 34.4 Å². The van der Waals surface area contributed by atoms with Crippen molar-refractivity contribution in [3.63, 3.8) is 0 Å². The number of thiazole rings is 1. The summed E-state index contributed by atoms with van der Waals surface area (Å²) < 4.78 is 1.73. The van der Waals surface area contributed by atoms with Gasteiger partial charge in [0.1, 0.15) is 0 Å². The van der Waals surface area contributed by atoms with Gasteiger partial charge >= 0.3 is 0 Å². The minimum Gasteiger partial charge on any atom is -0.267 e. The van der Waals surface area contributed by atoms with Crippen LogP contribution in [0.15, 0.2) is 52.2 Å². The lowest BCUT2D eigenvalue weighted by atomic mass is 9.93. The second-order valence-electron chi connectivity index (χ2n) is 6.36. The SMILES string of the molecule is CC(C)(C)c1csc(=Nc2ccc(Cl)cc2)n1C(=O)c1cccs1. The zero-order chi connectivity index (χ0) is 17.3. The van der Waals surface area contributed by atoms with Crippen molar-refractivity contribution in [1.29, 1.82) is 0 Å². The van der Waals surface area contributed by atoms with Crippen LogP contribution < -0.4 is 4.80 Å². The van der Waals surface area contributed by atoms with Crippen LogP contribution in [0.25, 0.3) is 0 Å². The van der Waals surface area contributed by atoms with Crippen molar-refractivity contribution < 1.29 is 4.79 Å². The fraction of sp³-hybridized carbons (Fsp3) is 0.222. The summed E-state index contributed by atoms with van der Waals surface area (Å²) in [6, 6.07) is 11.0. The van der Waals surface area contributed by atoms with Gasteiger partial charge in [-0.25, -0.2) is 4.99 Å². The third-order valence-electron chi connectivity index (χ3n) is 3.46. The van der Waals surface area contributed by atoms with Crippen molar-refractivity contribution in [1.82, 2.24) is 4.57 Å². The highest BCUT2D eigenvalue weighted by Crippen LogP contribution is 2.25. The molecular weight excluding hydrogens is 360 g/mol. The molecule has 0 aliphatic carbocycles. The highest BCUT2D eigenvalue weighted by atomic mass is 35.5. The van der Waals surface area contributed by atoms with Crippen molar-refractivity contribution in [2.24, 2.45) is 4.99 Å². The molecule has 6 heteroatoms. The van der Waals surface area contributed by atoms with Gasteiger partial charge in [-0.15, -0.1) is 22.7 Å². The summed E-state index contributed by atoms with van der Waals surface area (Å²) in [6.45, 7) is 6.29. The Morgan fingerprint density at radius 1 is 1.12 bits per heavy atom. The quantitative estimate of drug-likeness (QED) is 0.582. The Balaban J connectivity index is 2.18. The molecule has 0 saturated carbocycles. The molecule has 24 heavy (non-hydrogen) atoms. The minimum atomic E-state index is -0.156. The lowest BCUT2D eigenvalue weighted by Gasteiger charge is -2.19. The Bertz CT molecular complexity index is 913. The van der Waals surface area contributed by atoms with Gasteiger partial charge in [0.15, 0.2) is 4.80 Å². The van der Waals surface area contributed by atoms with E-state index in [4.69, 9.17) is 11.6 Å². The van der Waals surface area contributed by atoms with E-state index in [-0.39, 0.29) is 11.3 Å². The average molecular weight is 377 g/mol. The zero-order valence-electron chi connectivity index (χ0n) is 13.6. The van der Waals surface area contributed by atoms with E-state index in [2.05, 4.69) is 25.8 Å². The molecule has 0 atom stereocenters. The van der Waals surface area contributed by atoms with E-state index in [1.54, 1.807) is 16.7 Å². The third kappa shape index (κ3) is 3.53. The first-order valence-corrected chi connectivity index (χ1v) is 9.59. The molecule has 0 bridgehead atoms. The van der Waals surface area contributed by atoms with Crippen LogP contribution in [0.3, 0.4) is 0 Å². The van der Waals surface area contributed by atoms with Crippen LogP contribution in [-0.2, 0) is 5.41 Å². The second kappa shape index (κ2) is 6.67. The molecule has 2 aromatic heterocycles. The van der Waals surface area contributed by atoms with E-state index < -0.39 is 0 Å². The van der Waals surface area contributed by atoms with Crippen LogP contribution >= 0.6 is 34.3 Å². The lowest BCUT2D eigenvalue weighted by Crippen LogP contribution is -2.29. The van der Waals surface area contributed by atoms with E-state index in [9.17, 15) is 4.79 Å². The van der Waals surface area contributed by atoms with Gasteiger partial charge in [0.25, 0.3) is 5.91 Å². The largest absolute Gasteiger partial charge is 0.274 e. The van der Waals surface area contributed by atoms with Gasteiger partial charge in [-0.3, -0.25) is 9.36 Å². The zero-order valence-corrected chi connectivity index (χ0v) is 16.0. The smallest absolute Gasteiger partial charge is 0.267 e. The van der Waals surface area contributed by atoms with Crippen molar-refractivity contribution in [3.8, 4) is 0 Å². The van der Waals surface area contributed by atoms with Crippen LogP contribution in [0.4, 0.5) is 5.69 Å². The third-order valence-corrected chi connectivity index (χ3v) is 5.40. The highest BCUT2D eigenvalue weighted by Gasteiger charge is 2.24. The maximum absolute atomic E-state index is 13.0. The van der Waals surface area contributed by atoms with Gasteiger partial charge < -0.3 is 0 Å². The van der Waals surface area contributed by atoms with Gasteiger partial charge in [-0.05, 0) is 35.7 Å². The Morgan fingerprint density at radius 3 is 2.42 bits per heavy atom. The molecule has 3 nitrogen and oxygen atoms in total. The number of carbonyl (C=O) groups is 1. The number of carbonyl (C=O) groups excluding carboxylic acids is 1. The standard InChI is InChI=1S/C18H17ClN2OS2/c1-18(2,3)15-11-24-17(20-13-8-6-12(19)7-9-13)21(15)16(22)14-5-4-10-23-14/h4-11H,1-3H3. The molecule has 1 aromatic carbocycles. The molecular formula is C18H17ClN2OS2. The fourth-order valence-electron chi connectivity index (χ4n) is 2.24. The van der Waals surface area contributed by atoms with Crippen molar-refractivity contribution >= 4 is 45.9 Å². The van der Waals surface area contributed by atoms with Gasteiger partial charge in [-0.2, -0.15) is 0 Å². The van der Waals surface area contributed by atoms with Crippen molar-refractivity contribution in [3.05, 3.63) is 67.6 Å². The average Bonchev–Trinajstić information content (AvgIpc) is 3.18. The molecule has 0 fully saturated rings. The minimum absolute atomic E-state index is 0.0381. The first kappa shape index (κ1) is 17.1. The summed E-state index contributed by atoms with van der Waals surface area (Å²) in [5, 5.41) is 4.59. The number of aromatic nitrogens is 1. The summed E-state index contributed by atoms with van der Waals surface area (Å²) in [6.07, 6.45) is 0. The molecule has 0 unspecified atom stereocenters. The second-order valence-corrected chi connectivity index (χ2v) is 8.58. The Morgan fingerprint density at radius 2 is 1.83 bits per heavy atom. The summed E-state index contributed by atoms with van der Waals surface area (Å²) in [5.41, 5.74) is 1.57. The maximum Gasteiger partial charge on any atom is 0.274 e. The van der Waals surface area contributed by atoms with Crippen LogP contribution in [0, 0.1) is 0 Å². The van der Waals surface area contributed by atoms with E-state index in [0.717, 1.165) is 11.4 Å². The predicted molar refractivity (Wildman–Crippen MR) is 102 cm³/mol. The molecule has 3 aromatic rings. The first-order valence-electron chi connectivity index (χ1n) is 7.46. The molecule has 2 heterocycles. The summed E-state index contributed by atoms with van der Waals surface area (Å²) in [7, 11) is 0. The van der Waals surface area contributed by atoms with Crippen LogP contribution in [-0.4, -0.2) is 10.5 Å². The maximum atomic E-state index is 13.0. The summed E-state index contributed by atoms with van der Waals surface area (Å²) in [4.78, 5) is 19.0. The lowest BCUT2D eigenvalue weighted by molar-refractivity contribution is 0.0954. The van der Waals surface area contributed by atoms with Crippen LogP contribution in [0.2, 0.25) is 5.02 Å². The molecule has 0 aliphatic rings. The van der Waals surface area contributed by atoms with E-state index in [0.29, 0.717) is 14.7 Å². The molecule has 124 valence electrons. The predicted octanol–water partition coefficient (Wildman–Crippen LogP) is 5.48. The van der Waals surface area contributed by atoms with Gasteiger partial charge in [0.05, 0.1) is 10.6 Å². The molecule has 0 N–H and O–H groups in total.